The summed E-state index contributed by atoms with van der Waals surface area (Å²) in [6.45, 7) is 2.11. The second kappa shape index (κ2) is 9.18. The maximum atomic E-state index is 12.4. The van der Waals surface area contributed by atoms with Crippen LogP contribution in [-0.4, -0.2) is 44.9 Å². The van der Waals surface area contributed by atoms with E-state index >= 15 is 0 Å². The molecule has 0 fully saturated rings. The van der Waals surface area contributed by atoms with Crippen LogP contribution in [0.4, 0.5) is 4.79 Å². The zero-order valence-corrected chi connectivity index (χ0v) is 16.0. The lowest BCUT2D eigenvalue weighted by Gasteiger charge is -2.17. The van der Waals surface area contributed by atoms with Gasteiger partial charge in [0.1, 0.15) is 0 Å². The molecule has 0 radical (unpaired) electrons. The van der Waals surface area contributed by atoms with Crippen LogP contribution < -0.4 is 5.32 Å². The summed E-state index contributed by atoms with van der Waals surface area (Å²) in [5, 5.41) is 2.81. The molecule has 0 heterocycles. The number of nitrogens with zero attached hydrogens (tertiary/aromatic N) is 1. The molecular formula is C19H22N2O5S. The molecule has 7 nitrogen and oxygen atoms in total. The molecule has 0 aliphatic heterocycles. The number of carbonyl (C=O) groups is 2. The lowest BCUT2D eigenvalue weighted by atomic mass is 10.1. The Labute approximate surface area is 159 Å². The topological polar surface area (TPSA) is 92.8 Å². The van der Waals surface area contributed by atoms with Gasteiger partial charge in [-0.15, -0.1) is 0 Å². The maximum Gasteiger partial charge on any atom is 0.423 e. The molecular weight excluding hydrogens is 368 g/mol. The van der Waals surface area contributed by atoms with Gasteiger partial charge in [-0.1, -0.05) is 30.3 Å². The third-order valence-corrected chi connectivity index (χ3v) is 5.58. The highest BCUT2D eigenvalue weighted by atomic mass is 32.2. The van der Waals surface area contributed by atoms with Crippen molar-refractivity contribution in [1.29, 1.82) is 0 Å². The number of rotatable bonds is 7. The Morgan fingerprint density at radius 3 is 2.26 bits per heavy atom. The molecule has 2 rings (SSSR count). The van der Waals surface area contributed by atoms with E-state index in [1.807, 2.05) is 6.07 Å². The number of nitrogens with one attached hydrogen (secondary N) is 1. The van der Waals surface area contributed by atoms with Crippen molar-refractivity contribution in [3.63, 3.8) is 0 Å². The summed E-state index contributed by atoms with van der Waals surface area (Å²) in [4.78, 5) is 23.6. The van der Waals surface area contributed by atoms with Crippen LogP contribution in [0.3, 0.4) is 0 Å². The quantitative estimate of drug-likeness (QED) is 0.784. The molecule has 2 aromatic rings. The van der Waals surface area contributed by atoms with E-state index in [1.165, 1.54) is 12.1 Å². The molecule has 2 aromatic carbocycles. The van der Waals surface area contributed by atoms with E-state index in [1.54, 1.807) is 43.3 Å². The number of amides is 2. The molecule has 0 atom stereocenters. The van der Waals surface area contributed by atoms with E-state index in [0.717, 1.165) is 12.6 Å². The highest BCUT2D eigenvalue weighted by Crippen LogP contribution is 2.16. The lowest BCUT2D eigenvalue weighted by Crippen LogP contribution is -2.33. The smallest absolute Gasteiger partial charge is 0.423 e. The van der Waals surface area contributed by atoms with Gasteiger partial charge in [0.25, 0.3) is 15.9 Å². The average molecular weight is 390 g/mol. The normalized spacial score (nSPS) is 10.9. The second-order valence-corrected chi connectivity index (χ2v) is 7.66. The van der Waals surface area contributed by atoms with Crippen molar-refractivity contribution in [2.45, 2.75) is 18.2 Å². The first kappa shape index (κ1) is 20.4. The monoisotopic (exact) mass is 390 g/mol. The van der Waals surface area contributed by atoms with E-state index < -0.39 is 16.1 Å². The molecule has 0 saturated heterocycles. The summed E-state index contributed by atoms with van der Waals surface area (Å²) in [7, 11) is -2.80. The summed E-state index contributed by atoms with van der Waals surface area (Å²) in [6.07, 6.45) is -0.378. The van der Waals surface area contributed by atoms with Crippen LogP contribution in [0.1, 0.15) is 22.8 Å². The van der Waals surface area contributed by atoms with Crippen LogP contribution in [0, 0.1) is 0 Å². The van der Waals surface area contributed by atoms with Crippen LogP contribution in [0.15, 0.2) is 59.5 Å². The first-order valence-electron chi connectivity index (χ1n) is 8.44. The van der Waals surface area contributed by atoms with Crippen molar-refractivity contribution in [2.75, 3.05) is 20.2 Å². The predicted molar refractivity (Wildman–Crippen MR) is 101 cm³/mol. The van der Waals surface area contributed by atoms with Crippen molar-refractivity contribution < 1.29 is 22.7 Å². The number of sulfonamides is 1. The Morgan fingerprint density at radius 2 is 1.67 bits per heavy atom. The van der Waals surface area contributed by atoms with Crippen molar-refractivity contribution >= 4 is 22.0 Å². The van der Waals surface area contributed by atoms with E-state index in [2.05, 4.69) is 5.32 Å². The predicted octanol–water partition coefficient (Wildman–Crippen LogP) is 2.44. The summed E-state index contributed by atoms with van der Waals surface area (Å²) in [5.74, 6) is -0.161. The molecule has 0 spiro atoms. The molecule has 0 unspecified atom stereocenters. The fourth-order valence-electron chi connectivity index (χ4n) is 2.31. The number of ether oxygens (including phenoxy) is 1. The van der Waals surface area contributed by atoms with Gasteiger partial charge in [-0.3, -0.25) is 4.79 Å². The molecule has 0 aromatic heterocycles. The Hall–Kier alpha value is -2.87. The van der Waals surface area contributed by atoms with Gasteiger partial charge in [-0.25, -0.2) is 17.5 Å². The maximum absolute atomic E-state index is 12.4. The summed E-state index contributed by atoms with van der Waals surface area (Å²) >= 11 is 0. The summed E-state index contributed by atoms with van der Waals surface area (Å²) in [6, 6.07) is 15.1. The van der Waals surface area contributed by atoms with Crippen LogP contribution in [0.25, 0.3) is 0 Å². The zero-order chi connectivity index (χ0) is 19.9. The fourth-order valence-corrected chi connectivity index (χ4v) is 3.36. The van der Waals surface area contributed by atoms with Gasteiger partial charge in [0.15, 0.2) is 0 Å². The molecule has 27 heavy (non-hydrogen) atoms. The molecule has 0 aliphatic carbocycles. The lowest BCUT2D eigenvalue weighted by molar-refractivity contribution is 0.0954. The third kappa shape index (κ3) is 5.30. The molecule has 0 aliphatic rings. The van der Waals surface area contributed by atoms with Crippen molar-refractivity contribution in [3.8, 4) is 0 Å². The minimum Gasteiger partial charge on any atom is -0.449 e. The van der Waals surface area contributed by atoms with Gasteiger partial charge >= 0.3 is 6.09 Å². The molecule has 0 saturated carbocycles. The first-order chi connectivity index (χ1) is 12.9. The standard InChI is InChI=1S/C19H22N2O5S/c1-3-26-19(23)21(2)27(24,25)17-11-9-15(10-12-17)13-14-20-18(22)16-7-5-4-6-8-16/h4-12H,3,13-14H2,1-2H3,(H,20,22). The number of hydrogen-bond acceptors (Lipinski definition) is 5. The zero-order valence-electron chi connectivity index (χ0n) is 15.2. The highest BCUT2D eigenvalue weighted by Gasteiger charge is 2.26. The number of benzene rings is 2. The fraction of sp³-hybridized carbons (Fsp3) is 0.263. The van der Waals surface area contributed by atoms with Crippen LogP contribution in [-0.2, 0) is 21.2 Å². The SMILES string of the molecule is CCOC(=O)N(C)S(=O)(=O)c1ccc(CCNC(=O)c2ccccc2)cc1. The van der Waals surface area contributed by atoms with Gasteiger partial charge in [0.05, 0.1) is 11.5 Å². The Balaban J connectivity index is 1.95. The van der Waals surface area contributed by atoms with Crippen molar-refractivity contribution in [3.05, 3.63) is 65.7 Å². The van der Waals surface area contributed by atoms with Gasteiger partial charge in [0.2, 0.25) is 0 Å². The minimum absolute atomic E-state index is 0.00451. The highest BCUT2D eigenvalue weighted by molar-refractivity contribution is 7.89. The van der Waals surface area contributed by atoms with Crippen LogP contribution in [0.5, 0.6) is 0 Å². The first-order valence-corrected chi connectivity index (χ1v) is 9.88. The Bertz CT molecular complexity index is 880. The Morgan fingerprint density at radius 1 is 1.04 bits per heavy atom. The van der Waals surface area contributed by atoms with E-state index in [-0.39, 0.29) is 17.4 Å². The molecule has 0 bridgehead atoms. The van der Waals surface area contributed by atoms with Crippen LogP contribution >= 0.6 is 0 Å². The molecule has 2 amide bonds. The molecule has 144 valence electrons. The van der Waals surface area contributed by atoms with E-state index in [0.29, 0.717) is 22.8 Å². The van der Waals surface area contributed by atoms with Gasteiger partial charge in [-0.05, 0) is 43.2 Å². The number of carbonyl (C=O) groups excluding carboxylic acids is 2. The summed E-state index contributed by atoms with van der Waals surface area (Å²) < 4.78 is 30.1. The van der Waals surface area contributed by atoms with Gasteiger partial charge in [-0.2, -0.15) is 0 Å². The summed E-state index contributed by atoms with van der Waals surface area (Å²) in [5.41, 5.74) is 1.45. The minimum atomic E-state index is -3.96. The largest absolute Gasteiger partial charge is 0.449 e. The third-order valence-electron chi connectivity index (χ3n) is 3.84. The number of hydrogen-bond donors (Lipinski definition) is 1. The molecule has 8 heteroatoms. The Kier molecular flexibility index (Phi) is 6.95. The van der Waals surface area contributed by atoms with Gasteiger partial charge < -0.3 is 10.1 Å². The van der Waals surface area contributed by atoms with Crippen molar-refractivity contribution in [2.24, 2.45) is 0 Å². The average Bonchev–Trinajstić information content (AvgIpc) is 2.68. The molecule has 1 N–H and O–H groups in total. The van der Waals surface area contributed by atoms with Crippen molar-refractivity contribution in [1.82, 2.24) is 9.62 Å². The van der Waals surface area contributed by atoms with Crippen LogP contribution in [0.2, 0.25) is 0 Å². The van der Waals surface area contributed by atoms with E-state index in [4.69, 9.17) is 4.74 Å². The second-order valence-electron chi connectivity index (χ2n) is 5.69. The van der Waals surface area contributed by atoms with Gasteiger partial charge in [0, 0.05) is 19.2 Å². The van der Waals surface area contributed by atoms with E-state index in [9.17, 15) is 18.0 Å².